The molecule has 0 saturated carbocycles. The first-order chi connectivity index (χ1) is 13.2. The molecule has 6 nitrogen and oxygen atoms in total. The van der Waals surface area contributed by atoms with Gasteiger partial charge in [-0.05, 0) is 12.1 Å². The second-order valence-electron chi connectivity index (χ2n) is 6.83. The summed E-state index contributed by atoms with van der Waals surface area (Å²) in [4.78, 5) is 15.1. The Morgan fingerprint density at radius 1 is 1.00 bits per heavy atom. The molecule has 0 unspecified atom stereocenters. The maximum Gasteiger partial charge on any atom is 0.356 e. The zero-order chi connectivity index (χ0) is 18.6. The summed E-state index contributed by atoms with van der Waals surface area (Å²) in [5.41, 5.74) is 9.24. The van der Waals surface area contributed by atoms with E-state index in [1.54, 1.807) is 0 Å². The molecule has 27 heavy (non-hydrogen) atoms. The van der Waals surface area contributed by atoms with Gasteiger partial charge in [-0.25, -0.2) is 9.13 Å². The van der Waals surface area contributed by atoms with E-state index in [9.17, 15) is 4.79 Å². The molecule has 0 radical (unpaired) electrons. The highest BCUT2D eigenvalue weighted by Gasteiger charge is 2.23. The number of hydrogen-bond donors (Lipinski definition) is 1. The Bertz CT molecular complexity index is 930. The fourth-order valence-electron chi connectivity index (χ4n) is 3.64. The van der Waals surface area contributed by atoms with Crippen molar-refractivity contribution in [3.63, 3.8) is 0 Å². The zero-order valence-electron chi connectivity index (χ0n) is 15.4. The third-order valence-electron chi connectivity index (χ3n) is 5.16. The van der Waals surface area contributed by atoms with Crippen LogP contribution in [0.5, 0.6) is 0 Å². The van der Waals surface area contributed by atoms with E-state index in [1.807, 2.05) is 53.1 Å². The van der Waals surface area contributed by atoms with Crippen LogP contribution in [0.1, 0.15) is 10.4 Å². The lowest BCUT2D eigenvalue weighted by Crippen LogP contribution is -2.41. The Morgan fingerprint density at radius 2 is 1.70 bits per heavy atom. The van der Waals surface area contributed by atoms with E-state index < -0.39 is 0 Å². The van der Waals surface area contributed by atoms with Gasteiger partial charge in [-0.1, -0.05) is 42.5 Å². The third kappa shape index (κ3) is 3.72. The van der Waals surface area contributed by atoms with Crippen molar-refractivity contribution >= 4 is 22.8 Å². The first-order valence-electron chi connectivity index (χ1n) is 9.39. The Morgan fingerprint density at radius 3 is 2.48 bits per heavy atom. The van der Waals surface area contributed by atoms with Crippen LogP contribution in [0, 0.1) is 0 Å². The topological polar surface area (TPSA) is 64.4 Å². The number of aromatic nitrogens is 2. The number of anilines is 1. The van der Waals surface area contributed by atoms with Crippen LogP contribution in [0.25, 0.3) is 11.0 Å². The van der Waals surface area contributed by atoms with Gasteiger partial charge in [0.2, 0.25) is 0 Å². The molecular formula is C21H25N4O2+. The van der Waals surface area contributed by atoms with Crippen molar-refractivity contribution in [1.82, 2.24) is 9.47 Å². The van der Waals surface area contributed by atoms with Gasteiger partial charge in [0.1, 0.15) is 17.6 Å². The van der Waals surface area contributed by atoms with Gasteiger partial charge in [0.05, 0.1) is 19.8 Å². The quantitative estimate of drug-likeness (QED) is 0.534. The van der Waals surface area contributed by atoms with Crippen molar-refractivity contribution < 1.29 is 14.1 Å². The van der Waals surface area contributed by atoms with Gasteiger partial charge in [0, 0.05) is 25.2 Å². The van der Waals surface area contributed by atoms with Crippen molar-refractivity contribution in [3.05, 3.63) is 60.2 Å². The second-order valence-corrected chi connectivity index (χ2v) is 6.83. The molecule has 0 spiro atoms. The normalized spacial score (nSPS) is 15.3. The number of nitrogens with two attached hydrogens (primary N) is 1. The molecule has 0 amide bonds. The third-order valence-corrected chi connectivity index (χ3v) is 5.16. The Kier molecular flexibility index (Phi) is 5.18. The summed E-state index contributed by atoms with van der Waals surface area (Å²) in [7, 11) is 0. The predicted octanol–water partition coefficient (Wildman–Crippen LogP) is 1.73. The number of nitrogens with zero attached hydrogens (tertiary/aromatic N) is 3. The highest BCUT2D eigenvalue weighted by atomic mass is 16.5. The molecule has 1 aromatic heterocycles. The van der Waals surface area contributed by atoms with Crippen molar-refractivity contribution in [2.24, 2.45) is 0 Å². The highest BCUT2D eigenvalue weighted by molar-refractivity contribution is 5.95. The maximum absolute atomic E-state index is 12.7. The van der Waals surface area contributed by atoms with Crippen LogP contribution in [-0.2, 0) is 17.8 Å². The molecule has 0 atom stereocenters. The molecule has 0 aliphatic carbocycles. The van der Waals surface area contributed by atoms with Crippen LogP contribution < -0.4 is 10.3 Å². The summed E-state index contributed by atoms with van der Waals surface area (Å²) in [6.45, 7) is 5.41. The van der Waals surface area contributed by atoms with Gasteiger partial charge in [0.25, 0.3) is 0 Å². The Labute approximate surface area is 158 Å². The number of para-hydroxylation sites is 2. The number of rotatable bonds is 6. The van der Waals surface area contributed by atoms with Crippen LogP contribution >= 0.6 is 0 Å². The largest absolute Gasteiger partial charge is 0.379 e. The van der Waals surface area contributed by atoms with Gasteiger partial charge < -0.3 is 4.74 Å². The van der Waals surface area contributed by atoms with Gasteiger partial charge in [-0.2, -0.15) is 0 Å². The van der Waals surface area contributed by atoms with E-state index in [1.165, 1.54) is 0 Å². The number of carbonyl (C=O) groups is 1. The number of ether oxygens (including phenoxy) is 1. The standard InChI is InChI=1S/C21H24N4O2/c22-21-24(11-10-23-12-14-27-15-13-23)18-8-4-5-9-19(18)25(21)16-20(26)17-6-2-1-3-7-17/h1-9,22H,10-16H2/p+1. The molecular weight excluding hydrogens is 340 g/mol. The number of benzene rings is 2. The highest BCUT2D eigenvalue weighted by Crippen LogP contribution is 2.17. The number of Topliss-reactive ketones (excluding diaryl/α,β-unsaturated/α-hetero) is 1. The number of morpholine rings is 1. The molecule has 140 valence electrons. The Balaban J connectivity index is 1.61. The SMILES string of the molecule is Nc1n(CCN2CCOCC2)c2ccccc2[n+]1CC(=O)c1ccccc1. The summed E-state index contributed by atoms with van der Waals surface area (Å²) < 4.78 is 9.46. The van der Waals surface area contributed by atoms with Gasteiger partial charge in [0.15, 0.2) is 5.78 Å². The fraction of sp³-hybridized carbons (Fsp3) is 0.333. The first-order valence-corrected chi connectivity index (χ1v) is 9.39. The lowest BCUT2D eigenvalue weighted by Gasteiger charge is -2.25. The Hall–Kier alpha value is -2.70. The number of carbonyl (C=O) groups excluding carboxylic acids is 1. The number of hydrogen-bond acceptors (Lipinski definition) is 4. The number of nitrogen functional groups attached to an aromatic ring is 1. The monoisotopic (exact) mass is 365 g/mol. The van der Waals surface area contributed by atoms with E-state index in [2.05, 4.69) is 15.5 Å². The minimum atomic E-state index is 0.0587. The molecule has 2 N–H and O–H groups in total. The number of imidazole rings is 1. The molecule has 2 heterocycles. The van der Waals surface area contributed by atoms with Crippen molar-refractivity contribution in [1.29, 1.82) is 0 Å². The second kappa shape index (κ2) is 7.90. The number of fused-ring (bicyclic) bond motifs is 1. The molecule has 3 aromatic rings. The van der Waals surface area contributed by atoms with Crippen LogP contribution in [0.3, 0.4) is 0 Å². The predicted molar refractivity (Wildman–Crippen MR) is 105 cm³/mol. The number of ketones is 1. The lowest BCUT2D eigenvalue weighted by molar-refractivity contribution is -0.642. The van der Waals surface area contributed by atoms with Crippen LogP contribution in [0.4, 0.5) is 5.95 Å². The molecule has 1 fully saturated rings. The zero-order valence-corrected chi connectivity index (χ0v) is 15.4. The van der Waals surface area contributed by atoms with E-state index in [-0.39, 0.29) is 12.3 Å². The summed E-state index contributed by atoms with van der Waals surface area (Å²) >= 11 is 0. The molecule has 4 rings (SSSR count). The average molecular weight is 365 g/mol. The lowest BCUT2D eigenvalue weighted by atomic mass is 10.1. The van der Waals surface area contributed by atoms with E-state index in [4.69, 9.17) is 10.5 Å². The minimum Gasteiger partial charge on any atom is -0.379 e. The molecule has 1 saturated heterocycles. The first kappa shape index (κ1) is 17.7. The van der Waals surface area contributed by atoms with E-state index in [0.717, 1.165) is 50.4 Å². The van der Waals surface area contributed by atoms with Crippen LogP contribution in [-0.4, -0.2) is 48.1 Å². The molecule has 6 heteroatoms. The maximum atomic E-state index is 12.7. The molecule has 2 aromatic carbocycles. The average Bonchev–Trinajstić information content (AvgIpc) is 2.99. The summed E-state index contributed by atoms with van der Waals surface area (Å²) in [6.07, 6.45) is 0. The van der Waals surface area contributed by atoms with Gasteiger partial charge >= 0.3 is 5.95 Å². The van der Waals surface area contributed by atoms with Crippen molar-refractivity contribution in [2.75, 3.05) is 38.6 Å². The van der Waals surface area contributed by atoms with E-state index >= 15 is 0 Å². The smallest absolute Gasteiger partial charge is 0.356 e. The van der Waals surface area contributed by atoms with Gasteiger partial charge in [-0.15, -0.1) is 0 Å². The van der Waals surface area contributed by atoms with E-state index in [0.29, 0.717) is 11.5 Å². The minimum absolute atomic E-state index is 0.0587. The fourth-order valence-corrected chi connectivity index (χ4v) is 3.64. The van der Waals surface area contributed by atoms with Crippen molar-refractivity contribution in [2.45, 2.75) is 13.1 Å². The molecule has 1 aliphatic rings. The van der Waals surface area contributed by atoms with Gasteiger partial charge in [-0.3, -0.25) is 15.4 Å². The van der Waals surface area contributed by atoms with Crippen LogP contribution in [0.2, 0.25) is 0 Å². The molecule has 1 aliphatic heterocycles. The summed E-state index contributed by atoms with van der Waals surface area (Å²) in [5, 5.41) is 0. The van der Waals surface area contributed by atoms with Crippen molar-refractivity contribution in [3.8, 4) is 0 Å². The summed E-state index contributed by atoms with van der Waals surface area (Å²) in [6, 6.07) is 17.4. The van der Waals surface area contributed by atoms with Crippen LogP contribution in [0.15, 0.2) is 54.6 Å². The summed E-state index contributed by atoms with van der Waals surface area (Å²) in [5.74, 6) is 0.678. The molecule has 0 bridgehead atoms.